The molecule has 0 bridgehead atoms. The van der Waals surface area contributed by atoms with Crippen LogP contribution in [0, 0.1) is 13.8 Å². The van der Waals surface area contributed by atoms with Gasteiger partial charge in [0.15, 0.2) is 5.43 Å². The number of rotatable bonds is 4. The normalized spacial score (nSPS) is 13.9. The molecule has 2 aromatic carbocycles. The molecule has 0 saturated heterocycles. The van der Waals surface area contributed by atoms with Crippen LogP contribution in [0.2, 0.25) is 0 Å². The first-order valence-corrected chi connectivity index (χ1v) is 9.76. The molecule has 1 aliphatic heterocycles. The largest absolute Gasteiger partial charge is 0.497 e. The van der Waals surface area contributed by atoms with E-state index in [9.17, 15) is 9.59 Å². The van der Waals surface area contributed by atoms with E-state index >= 15 is 0 Å². The second-order valence-corrected chi connectivity index (χ2v) is 7.58. The van der Waals surface area contributed by atoms with E-state index in [-0.39, 0.29) is 17.9 Å². The van der Waals surface area contributed by atoms with E-state index in [1.807, 2.05) is 36.1 Å². The maximum atomic E-state index is 13.1. The smallest absolute Gasteiger partial charge is 0.238 e. The number of anilines is 1. The van der Waals surface area contributed by atoms with Crippen LogP contribution in [0.1, 0.15) is 22.4 Å². The predicted molar refractivity (Wildman–Crippen MR) is 115 cm³/mol. The van der Waals surface area contributed by atoms with Crippen LogP contribution >= 0.6 is 0 Å². The zero-order valence-electron chi connectivity index (χ0n) is 17.0. The quantitative estimate of drug-likeness (QED) is 0.717. The van der Waals surface area contributed by atoms with E-state index in [4.69, 9.17) is 4.74 Å². The lowest BCUT2D eigenvalue weighted by molar-refractivity contribution is -0.117. The topological polar surface area (TPSA) is 74.4 Å². The van der Waals surface area contributed by atoms with Gasteiger partial charge in [0, 0.05) is 41.8 Å². The second kappa shape index (κ2) is 7.72. The molecule has 0 atom stereocenters. The lowest BCUT2D eigenvalue weighted by atomic mass is 9.99. The van der Waals surface area contributed by atoms with E-state index < -0.39 is 0 Å². The Morgan fingerprint density at radius 2 is 1.93 bits per heavy atom. The fraction of sp³-hybridized carbons (Fsp3) is 0.304. The van der Waals surface area contributed by atoms with Gasteiger partial charge < -0.3 is 15.0 Å². The molecule has 0 unspecified atom stereocenters. The van der Waals surface area contributed by atoms with Crippen molar-refractivity contribution < 1.29 is 9.53 Å². The van der Waals surface area contributed by atoms with Crippen LogP contribution in [0.15, 0.2) is 41.2 Å². The van der Waals surface area contributed by atoms with Gasteiger partial charge in [0.1, 0.15) is 5.75 Å². The van der Waals surface area contributed by atoms with Crippen LogP contribution in [0.25, 0.3) is 10.9 Å². The summed E-state index contributed by atoms with van der Waals surface area (Å²) in [5, 5.41) is 3.62. The van der Waals surface area contributed by atoms with Crippen molar-refractivity contribution in [2.45, 2.75) is 26.8 Å². The summed E-state index contributed by atoms with van der Waals surface area (Å²) in [6.07, 6.45) is 0.726. The first kappa shape index (κ1) is 19.2. The van der Waals surface area contributed by atoms with Crippen molar-refractivity contribution in [3.63, 3.8) is 0 Å². The summed E-state index contributed by atoms with van der Waals surface area (Å²) < 4.78 is 5.13. The zero-order chi connectivity index (χ0) is 20.5. The van der Waals surface area contributed by atoms with Crippen molar-refractivity contribution >= 4 is 22.5 Å². The summed E-state index contributed by atoms with van der Waals surface area (Å²) in [6.45, 7) is 5.54. The van der Waals surface area contributed by atoms with Gasteiger partial charge in [0.25, 0.3) is 0 Å². The molecule has 0 radical (unpaired) electrons. The van der Waals surface area contributed by atoms with Gasteiger partial charge in [-0.3, -0.25) is 14.5 Å². The highest BCUT2D eigenvalue weighted by molar-refractivity contribution is 5.92. The molecule has 29 heavy (non-hydrogen) atoms. The van der Waals surface area contributed by atoms with Crippen LogP contribution in [0.5, 0.6) is 5.75 Å². The average Bonchev–Trinajstić information content (AvgIpc) is 2.72. The molecule has 0 saturated carbocycles. The number of nitrogens with one attached hydrogen (secondary N) is 2. The molecule has 0 fully saturated rings. The van der Waals surface area contributed by atoms with Gasteiger partial charge >= 0.3 is 0 Å². The molecule has 0 aliphatic carbocycles. The van der Waals surface area contributed by atoms with Crippen LogP contribution in [-0.4, -0.2) is 36.0 Å². The van der Waals surface area contributed by atoms with Crippen LogP contribution in [0.4, 0.5) is 5.69 Å². The number of pyridine rings is 1. The van der Waals surface area contributed by atoms with E-state index in [0.717, 1.165) is 52.1 Å². The highest BCUT2D eigenvalue weighted by Crippen LogP contribution is 2.22. The number of aromatic amines is 1. The number of fused-ring (bicyclic) bond motifs is 2. The molecular formula is C23H25N3O3. The molecule has 6 nitrogen and oxygen atoms in total. The van der Waals surface area contributed by atoms with E-state index in [2.05, 4.69) is 17.2 Å². The fourth-order valence-electron chi connectivity index (χ4n) is 3.86. The maximum absolute atomic E-state index is 13.1. The van der Waals surface area contributed by atoms with E-state index in [1.165, 1.54) is 5.56 Å². The molecular weight excluding hydrogens is 366 g/mol. The highest BCUT2D eigenvalue weighted by atomic mass is 16.5. The average molecular weight is 391 g/mol. The number of nitrogens with zero attached hydrogens (tertiary/aromatic N) is 1. The van der Waals surface area contributed by atoms with E-state index in [1.54, 1.807) is 19.2 Å². The van der Waals surface area contributed by atoms with Crippen molar-refractivity contribution in [1.82, 2.24) is 9.88 Å². The number of carbonyl (C=O) groups excluding carboxylic acids is 1. The Morgan fingerprint density at radius 1 is 1.17 bits per heavy atom. The molecule has 6 heteroatoms. The highest BCUT2D eigenvalue weighted by Gasteiger charge is 2.23. The molecule has 2 heterocycles. The van der Waals surface area contributed by atoms with Gasteiger partial charge in [0.2, 0.25) is 5.91 Å². The van der Waals surface area contributed by atoms with Crippen LogP contribution < -0.4 is 15.5 Å². The number of hydrogen-bond donors (Lipinski definition) is 2. The summed E-state index contributed by atoms with van der Waals surface area (Å²) in [4.78, 5) is 31.0. The molecule has 0 spiro atoms. The van der Waals surface area contributed by atoms with Gasteiger partial charge in [-0.05, 0) is 55.3 Å². The molecule has 150 valence electrons. The Balaban J connectivity index is 1.51. The third-order valence-electron chi connectivity index (χ3n) is 5.70. The van der Waals surface area contributed by atoms with Gasteiger partial charge in [0.05, 0.1) is 19.2 Å². The number of aryl methyl sites for hydroxylation is 2. The first-order chi connectivity index (χ1) is 14.0. The predicted octanol–water partition coefficient (Wildman–Crippen LogP) is 3.15. The monoisotopic (exact) mass is 391 g/mol. The lowest BCUT2D eigenvalue weighted by Crippen LogP contribution is -2.39. The van der Waals surface area contributed by atoms with Gasteiger partial charge in [-0.25, -0.2) is 0 Å². The zero-order valence-corrected chi connectivity index (χ0v) is 17.0. The molecule has 1 amide bonds. The Kier molecular flexibility index (Phi) is 5.11. The minimum Gasteiger partial charge on any atom is -0.497 e. The Labute approximate surface area is 169 Å². The first-order valence-electron chi connectivity index (χ1n) is 9.76. The van der Waals surface area contributed by atoms with E-state index in [0.29, 0.717) is 6.54 Å². The molecule has 3 aromatic rings. The van der Waals surface area contributed by atoms with Gasteiger partial charge in [-0.2, -0.15) is 0 Å². The Morgan fingerprint density at radius 3 is 2.66 bits per heavy atom. The number of ether oxygens (including phenoxy) is 1. The number of benzene rings is 2. The molecule has 4 rings (SSSR count). The minimum absolute atomic E-state index is 0.0668. The van der Waals surface area contributed by atoms with Gasteiger partial charge in [-0.1, -0.05) is 6.07 Å². The molecule has 1 aromatic heterocycles. The summed E-state index contributed by atoms with van der Waals surface area (Å²) in [7, 11) is 1.61. The fourth-order valence-corrected chi connectivity index (χ4v) is 3.86. The molecule has 2 N–H and O–H groups in total. The minimum atomic E-state index is -0.0951. The van der Waals surface area contributed by atoms with Crippen molar-refractivity contribution in [2.24, 2.45) is 0 Å². The third-order valence-corrected chi connectivity index (χ3v) is 5.70. The van der Waals surface area contributed by atoms with Crippen molar-refractivity contribution in [3.8, 4) is 5.75 Å². The molecule has 1 aliphatic rings. The number of hydrogen-bond acceptors (Lipinski definition) is 4. The van der Waals surface area contributed by atoms with Crippen molar-refractivity contribution in [3.05, 3.63) is 69.0 Å². The number of aromatic nitrogens is 1. The summed E-state index contributed by atoms with van der Waals surface area (Å²) in [5.41, 5.74) is 5.76. The second-order valence-electron chi connectivity index (χ2n) is 7.58. The lowest BCUT2D eigenvalue weighted by Gasteiger charge is -2.28. The summed E-state index contributed by atoms with van der Waals surface area (Å²) >= 11 is 0. The number of carbonyl (C=O) groups is 1. The number of amides is 1. The van der Waals surface area contributed by atoms with Crippen LogP contribution in [-0.2, 0) is 17.8 Å². The summed E-state index contributed by atoms with van der Waals surface area (Å²) in [6, 6.07) is 11.1. The number of methoxy groups -OCH3 is 1. The SMILES string of the molecule is COc1ccc(NC(=O)CN2CCc3[nH]c4c(C)c(C)ccc4c(=O)c3C2)cc1. The standard InChI is InChI=1S/C23H25N3O3/c1-14-4-9-18-22(15(14)2)25-20-10-11-26(12-19(20)23(18)28)13-21(27)24-16-5-7-17(29-3)8-6-16/h4-9H,10-13H2,1-3H3,(H,24,27)(H,25,28). The number of H-pyrrole nitrogens is 1. The van der Waals surface area contributed by atoms with Crippen LogP contribution in [0.3, 0.4) is 0 Å². The maximum Gasteiger partial charge on any atom is 0.238 e. The Bertz CT molecular complexity index is 1130. The van der Waals surface area contributed by atoms with Gasteiger partial charge in [-0.15, -0.1) is 0 Å². The Hall–Kier alpha value is -3.12. The van der Waals surface area contributed by atoms with Crippen molar-refractivity contribution in [2.75, 3.05) is 25.5 Å². The summed E-state index contributed by atoms with van der Waals surface area (Å²) in [5.74, 6) is 0.648. The van der Waals surface area contributed by atoms with Crippen molar-refractivity contribution in [1.29, 1.82) is 0 Å². The third kappa shape index (κ3) is 3.76.